The van der Waals surface area contributed by atoms with Gasteiger partial charge in [0.1, 0.15) is 5.78 Å². The Morgan fingerprint density at radius 2 is 1.55 bits per heavy atom. The molecular formula is C30H48O3. The van der Waals surface area contributed by atoms with Gasteiger partial charge in [0.2, 0.25) is 0 Å². The van der Waals surface area contributed by atoms with Gasteiger partial charge in [0, 0.05) is 11.8 Å². The van der Waals surface area contributed by atoms with Crippen LogP contribution in [0.2, 0.25) is 0 Å². The Balaban J connectivity index is 1.56. The molecule has 186 valence electrons. The van der Waals surface area contributed by atoms with Crippen LogP contribution in [0, 0.1) is 62.6 Å². The number of carboxylic acids is 1. The van der Waals surface area contributed by atoms with Crippen molar-refractivity contribution in [1.29, 1.82) is 0 Å². The molecule has 0 bridgehead atoms. The van der Waals surface area contributed by atoms with Crippen LogP contribution in [0.5, 0.6) is 0 Å². The van der Waals surface area contributed by atoms with Crippen LogP contribution in [0.1, 0.15) is 113 Å². The van der Waals surface area contributed by atoms with Crippen molar-refractivity contribution in [2.45, 2.75) is 113 Å². The summed E-state index contributed by atoms with van der Waals surface area (Å²) in [5, 5.41) is 10.5. The van der Waals surface area contributed by atoms with Crippen LogP contribution >= 0.6 is 0 Å². The maximum atomic E-state index is 12.9. The minimum absolute atomic E-state index is 0.203. The molecule has 0 spiro atoms. The van der Waals surface area contributed by atoms with E-state index in [2.05, 4.69) is 48.5 Å². The molecule has 5 aliphatic carbocycles. The molecule has 5 saturated carbocycles. The van der Waals surface area contributed by atoms with Gasteiger partial charge in [0.15, 0.2) is 0 Å². The van der Waals surface area contributed by atoms with Crippen molar-refractivity contribution in [1.82, 2.24) is 0 Å². The van der Waals surface area contributed by atoms with E-state index in [0.717, 1.165) is 44.9 Å². The van der Waals surface area contributed by atoms with Crippen LogP contribution < -0.4 is 0 Å². The standard InChI is InChI=1S/C30H48O3/c1-18(2)19-10-15-30(25(32)33)17-16-28(6)20(24(19)30)8-9-22-27(5)13-12-23(31)26(3,4)21(27)11-14-29(22,28)7/h18-22,24H,8-17H2,1-7H3,(H,32,33)/t19-,20+,21?,22+,24?,27-,28+,29+,30-/m0/s1. The zero-order valence-electron chi connectivity index (χ0n) is 22.3. The molecular weight excluding hydrogens is 408 g/mol. The van der Waals surface area contributed by atoms with Crippen LogP contribution in [0.3, 0.4) is 0 Å². The lowest BCUT2D eigenvalue weighted by Gasteiger charge is -2.72. The molecule has 0 aromatic heterocycles. The second-order valence-corrected chi connectivity index (χ2v) is 14.7. The summed E-state index contributed by atoms with van der Waals surface area (Å²) in [4.78, 5) is 25.7. The van der Waals surface area contributed by atoms with Gasteiger partial charge in [-0.25, -0.2) is 0 Å². The largest absolute Gasteiger partial charge is 0.481 e. The second-order valence-electron chi connectivity index (χ2n) is 14.7. The number of ketones is 1. The van der Waals surface area contributed by atoms with Crippen LogP contribution in [-0.4, -0.2) is 16.9 Å². The fourth-order valence-electron chi connectivity index (χ4n) is 11.6. The van der Waals surface area contributed by atoms with E-state index >= 15 is 0 Å². The van der Waals surface area contributed by atoms with Crippen LogP contribution in [0.15, 0.2) is 0 Å². The monoisotopic (exact) mass is 456 g/mol. The smallest absolute Gasteiger partial charge is 0.309 e. The van der Waals surface area contributed by atoms with Crippen LogP contribution in [-0.2, 0) is 9.59 Å². The molecule has 0 heterocycles. The summed E-state index contributed by atoms with van der Waals surface area (Å²) >= 11 is 0. The zero-order chi connectivity index (χ0) is 24.2. The average molecular weight is 457 g/mol. The van der Waals surface area contributed by atoms with Crippen molar-refractivity contribution < 1.29 is 14.7 Å². The normalized spacial score (nSPS) is 53.1. The Hall–Kier alpha value is -0.860. The number of hydrogen-bond donors (Lipinski definition) is 1. The van der Waals surface area contributed by atoms with E-state index in [0.29, 0.717) is 41.3 Å². The van der Waals surface area contributed by atoms with E-state index < -0.39 is 11.4 Å². The lowest BCUT2D eigenvalue weighted by molar-refractivity contribution is -0.237. The van der Waals surface area contributed by atoms with Gasteiger partial charge in [0.05, 0.1) is 5.41 Å². The van der Waals surface area contributed by atoms with E-state index in [1.54, 1.807) is 0 Å². The Labute approximate surface area is 201 Å². The second kappa shape index (κ2) is 7.10. The summed E-state index contributed by atoms with van der Waals surface area (Å²) in [7, 11) is 0. The number of rotatable bonds is 2. The summed E-state index contributed by atoms with van der Waals surface area (Å²) < 4.78 is 0. The number of aliphatic carboxylic acids is 1. The molecule has 5 fully saturated rings. The summed E-state index contributed by atoms with van der Waals surface area (Å²) in [6.07, 6.45) is 10.5. The van der Waals surface area contributed by atoms with Gasteiger partial charge in [-0.3, -0.25) is 9.59 Å². The van der Waals surface area contributed by atoms with Gasteiger partial charge >= 0.3 is 5.97 Å². The van der Waals surface area contributed by atoms with Gasteiger partial charge in [0.25, 0.3) is 0 Å². The fraction of sp³-hybridized carbons (Fsp3) is 0.933. The molecule has 0 aliphatic heterocycles. The summed E-state index contributed by atoms with van der Waals surface area (Å²) in [5.41, 5.74) is -0.0101. The van der Waals surface area contributed by atoms with E-state index in [4.69, 9.17) is 0 Å². The molecule has 0 amide bonds. The average Bonchev–Trinajstić information content (AvgIpc) is 3.13. The SMILES string of the molecule is CC(C)[C@@H]1CC[C@]2(C(=O)O)CC[C@]3(C)[C@H](CC[C@@H]4[C@@]5(C)CCC(=O)C(C)(C)C5CC[C@]43C)C12. The number of fused-ring (bicyclic) bond motifs is 7. The highest BCUT2D eigenvalue weighted by Crippen LogP contribution is 2.77. The minimum atomic E-state index is -0.506. The van der Waals surface area contributed by atoms with Crippen molar-refractivity contribution in [3.8, 4) is 0 Å². The van der Waals surface area contributed by atoms with Crippen molar-refractivity contribution in [2.75, 3.05) is 0 Å². The van der Waals surface area contributed by atoms with Crippen molar-refractivity contribution in [3.05, 3.63) is 0 Å². The molecule has 1 N–H and O–H groups in total. The van der Waals surface area contributed by atoms with Gasteiger partial charge in [-0.2, -0.15) is 0 Å². The van der Waals surface area contributed by atoms with Gasteiger partial charge in [-0.05, 0) is 110 Å². The first kappa shape index (κ1) is 23.9. The van der Waals surface area contributed by atoms with Gasteiger partial charge < -0.3 is 5.11 Å². The Bertz CT molecular complexity index is 859. The van der Waals surface area contributed by atoms with Crippen molar-refractivity contribution in [2.24, 2.45) is 62.6 Å². The van der Waals surface area contributed by atoms with Crippen molar-refractivity contribution in [3.63, 3.8) is 0 Å². The molecule has 3 heteroatoms. The van der Waals surface area contributed by atoms with E-state index in [1.807, 2.05) is 0 Å². The molecule has 0 saturated heterocycles. The predicted octanol–water partition coefficient (Wildman–Crippen LogP) is 7.38. The van der Waals surface area contributed by atoms with E-state index in [-0.39, 0.29) is 21.7 Å². The molecule has 5 aliphatic rings. The number of carbonyl (C=O) groups excluding carboxylic acids is 1. The Morgan fingerprint density at radius 1 is 0.848 bits per heavy atom. The third kappa shape index (κ3) is 2.75. The van der Waals surface area contributed by atoms with Gasteiger partial charge in [-0.1, -0.05) is 48.5 Å². The van der Waals surface area contributed by atoms with Crippen molar-refractivity contribution >= 4 is 11.8 Å². The number of carbonyl (C=O) groups is 2. The number of Topliss-reactive ketones (excluding diaryl/α,β-unsaturated/α-hetero) is 1. The zero-order valence-corrected chi connectivity index (χ0v) is 22.3. The Morgan fingerprint density at radius 3 is 2.18 bits per heavy atom. The molecule has 0 radical (unpaired) electrons. The first-order chi connectivity index (χ1) is 15.3. The molecule has 0 aromatic rings. The van der Waals surface area contributed by atoms with E-state index in [1.165, 1.54) is 19.3 Å². The maximum Gasteiger partial charge on any atom is 0.309 e. The summed E-state index contributed by atoms with van der Waals surface area (Å²) in [6.45, 7) is 16.8. The summed E-state index contributed by atoms with van der Waals surface area (Å²) in [6, 6.07) is 0. The highest BCUT2D eigenvalue weighted by molar-refractivity contribution is 5.85. The van der Waals surface area contributed by atoms with E-state index in [9.17, 15) is 14.7 Å². The molecule has 33 heavy (non-hydrogen) atoms. The predicted molar refractivity (Wildman–Crippen MR) is 132 cm³/mol. The molecule has 9 atom stereocenters. The third-order valence-electron chi connectivity index (χ3n) is 13.5. The number of hydrogen-bond acceptors (Lipinski definition) is 2. The molecule has 3 nitrogen and oxygen atoms in total. The number of carboxylic acid groups (broad SMARTS) is 1. The van der Waals surface area contributed by atoms with Crippen LogP contribution in [0.4, 0.5) is 0 Å². The molecule has 0 aromatic carbocycles. The lowest BCUT2D eigenvalue weighted by Crippen LogP contribution is -2.66. The van der Waals surface area contributed by atoms with Gasteiger partial charge in [-0.15, -0.1) is 0 Å². The molecule has 5 rings (SSSR count). The minimum Gasteiger partial charge on any atom is -0.481 e. The first-order valence-electron chi connectivity index (χ1n) is 14.0. The highest BCUT2D eigenvalue weighted by atomic mass is 16.4. The molecule has 2 unspecified atom stereocenters. The van der Waals surface area contributed by atoms with Crippen LogP contribution in [0.25, 0.3) is 0 Å². The summed E-state index contributed by atoms with van der Waals surface area (Å²) in [5.74, 6) is 3.07. The maximum absolute atomic E-state index is 12.9. The quantitative estimate of drug-likeness (QED) is 0.471. The first-order valence-corrected chi connectivity index (χ1v) is 14.0. The topological polar surface area (TPSA) is 54.4 Å². The third-order valence-corrected chi connectivity index (χ3v) is 13.5. The lowest BCUT2D eigenvalue weighted by atomic mass is 9.32. The highest BCUT2D eigenvalue weighted by Gasteiger charge is 2.72. The Kier molecular flexibility index (Phi) is 5.13. The fourth-order valence-corrected chi connectivity index (χ4v) is 11.6.